The van der Waals surface area contributed by atoms with Gasteiger partial charge in [-0.25, -0.2) is 4.39 Å². The van der Waals surface area contributed by atoms with Crippen molar-refractivity contribution in [3.8, 4) is 5.75 Å². The minimum atomic E-state index is -0.531. The molecule has 1 aromatic rings. The molecule has 0 amide bonds. The average Bonchev–Trinajstić information content (AvgIpc) is 2.33. The summed E-state index contributed by atoms with van der Waals surface area (Å²) in [6.07, 6.45) is -0.0965. The van der Waals surface area contributed by atoms with Gasteiger partial charge in [0.15, 0.2) is 11.6 Å². The van der Waals surface area contributed by atoms with Gasteiger partial charge in [-0.1, -0.05) is 11.6 Å². The SMILES string of the molecule is COc1cc(C2CNCCO2)cc(Cl)c1F. The molecule has 1 N–H and O–H groups in total. The van der Waals surface area contributed by atoms with Crippen molar-refractivity contribution >= 4 is 11.6 Å². The summed E-state index contributed by atoms with van der Waals surface area (Å²) in [6, 6.07) is 3.20. The summed E-state index contributed by atoms with van der Waals surface area (Å²) < 4.78 is 23.9. The van der Waals surface area contributed by atoms with E-state index in [-0.39, 0.29) is 16.9 Å². The van der Waals surface area contributed by atoms with Gasteiger partial charge in [-0.15, -0.1) is 0 Å². The Morgan fingerprint density at radius 3 is 3.00 bits per heavy atom. The highest BCUT2D eigenvalue weighted by Gasteiger charge is 2.19. The Bertz CT molecular complexity index is 380. The van der Waals surface area contributed by atoms with Crippen LogP contribution in [0.1, 0.15) is 11.7 Å². The molecule has 1 unspecified atom stereocenters. The predicted molar refractivity (Wildman–Crippen MR) is 59.5 cm³/mol. The standard InChI is InChI=1S/C11H13ClFNO2/c1-15-9-5-7(4-8(12)11(9)13)10-6-14-2-3-16-10/h4-5,10,14H,2-3,6H2,1H3. The summed E-state index contributed by atoms with van der Waals surface area (Å²) in [5.74, 6) is -0.381. The summed E-state index contributed by atoms with van der Waals surface area (Å²) in [4.78, 5) is 0. The van der Waals surface area contributed by atoms with Gasteiger partial charge >= 0.3 is 0 Å². The van der Waals surface area contributed by atoms with Crippen LogP contribution in [0.15, 0.2) is 12.1 Å². The van der Waals surface area contributed by atoms with Crippen LogP contribution < -0.4 is 10.1 Å². The number of rotatable bonds is 2. The molecule has 1 atom stereocenters. The van der Waals surface area contributed by atoms with Gasteiger partial charge in [0.2, 0.25) is 0 Å². The third-order valence-electron chi connectivity index (χ3n) is 2.54. The molecule has 0 saturated carbocycles. The Hall–Kier alpha value is -0.840. The maximum Gasteiger partial charge on any atom is 0.183 e. The van der Waals surface area contributed by atoms with Crippen LogP contribution in [-0.2, 0) is 4.74 Å². The molecule has 0 aromatic heterocycles. The predicted octanol–water partition coefficient (Wildman–Crippen LogP) is 2.15. The van der Waals surface area contributed by atoms with Gasteiger partial charge < -0.3 is 14.8 Å². The zero-order valence-corrected chi connectivity index (χ0v) is 9.68. The Kier molecular flexibility index (Phi) is 3.63. The number of hydrogen-bond donors (Lipinski definition) is 1. The molecule has 0 bridgehead atoms. The van der Waals surface area contributed by atoms with Crippen molar-refractivity contribution in [2.45, 2.75) is 6.10 Å². The van der Waals surface area contributed by atoms with Crippen molar-refractivity contribution in [2.24, 2.45) is 0 Å². The molecule has 1 aromatic carbocycles. The zero-order chi connectivity index (χ0) is 11.5. The fourth-order valence-electron chi connectivity index (χ4n) is 1.70. The second-order valence-electron chi connectivity index (χ2n) is 3.58. The third kappa shape index (κ3) is 2.29. The normalized spacial score (nSPS) is 20.8. The summed E-state index contributed by atoms with van der Waals surface area (Å²) in [6.45, 7) is 2.18. The highest BCUT2D eigenvalue weighted by molar-refractivity contribution is 6.31. The molecular weight excluding hydrogens is 233 g/mol. The van der Waals surface area contributed by atoms with Crippen molar-refractivity contribution in [2.75, 3.05) is 26.8 Å². The maximum absolute atomic E-state index is 13.4. The largest absolute Gasteiger partial charge is 0.494 e. The molecule has 0 radical (unpaired) electrons. The van der Waals surface area contributed by atoms with Gasteiger partial charge in [0.05, 0.1) is 24.8 Å². The highest BCUT2D eigenvalue weighted by Crippen LogP contribution is 2.30. The van der Waals surface area contributed by atoms with Crippen LogP contribution in [0.25, 0.3) is 0 Å². The molecule has 0 spiro atoms. The fraction of sp³-hybridized carbons (Fsp3) is 0.455. The monoisotopic (exact) mass is 245 g/mol. The summed E-state index contributed by atoms with van der Waals surface area (Å²) in [5.41, 5.74) is 0.829. The second-order valence-corrected chi connectivity index (χ2v) is 3.99. The van der Waals surface area contributed by atoms with Crippen LogP contribution in [0.2, 0.25) is 5.02 Å². The summed E-state index contributed by atoms with van der Waals surface area (Å²) >= 11 is 5.79. The molecule has 0 aliphatic carbocycles. The molecule has 1 aliphatic rings. The van der Waals surface area contributed by atoms with Crippen LogP contribution in [0.5, 0.6) is 5.75 Å². The van der Waals surface area contributed by atoms with Gasteiger partial charge in [-0.3, -0.25) is 0 Å². The van der Waals surface area contributed by atoms with Crippen LogP contribution in [-0.4, -0.2) is 26.8 Å². The first-order valence-corrected chi connectivity index (χ1v) is 5.45. The molecule has 1 heterocycles. The van der Waals surface area contributed by atoms with Crippen molar-refractivity contribution in [3.05, 3.63) is 28.5 Å². The van der Waals surface area contributed by atoms with Crippen molar-refractivity contribution in [1.29, 1.82) is 0 Å². The van der Waals surface area contributed by atoms with Crippen LogP contribution in [0, 0.1) is 5.82 Å². The fourth-order valence-corrected chi connectivity index (χ4v) is 1.92. The maximum atomic E-state index is 13.4. The van der Waals surface area contributed by atoms with E-state index in [1.807, 2.05) is 0 Å². The lowest BCUT2D eigenvalue weighted by Gasteiger charge is -2.24. The van der Waals surface area contributed by atoms with Crippen molar-refractivity contribution in [1.82, 2.24) is 5.32 Å². The lowest BCUT2D eigenvalue weighted by molar-refractivity contribution is 0.0275. The number of nitrogens with one attached hydrogen (secondary N) is 1. The van der Waals surface area contributed by atoms with E-state index in [1.165, 1.54) is 7.11 Å². The number of methoxy groups -OCH3 is 1. The number of benzene rings is 1. The van der Waals surface area contributed by atoms with E-state index in [9.17, 15) is 4.39 Å². The van der Waals surface area contributed by atoms with Crippen LogP contribution in [0.3, 0.4) is 0 Å². The number of morpholine rings is 1. The van der Waals surface area contributed by atoms with Crippen LogP contribution in [0.4, 0.5) is 4.39 Å². The molecule has 1 aliphatic heterocycles. The molecule has 1 saturated heterocycles. The Balaban J connectivity index is 2.29. The van der Waals surface area contributed by atoms with Crippen LogP contribution >= 0.6 is 11.6 Å². The molecule has 5 heteroatoms. The van der Waals surface area contributed by atoms with Gasteiger partial charge in [0, 0.05) is 13.1 Å². The third-order valence-corrected chi connectivity index (χ3v) is 2.81. The Morgan fingerprint density at radius 1 is 1.56 bits per heavy atom. The minimum absolute atomic E-state index is 0.0588. The van der Waals surface area contributed by atoms with Gasteiger partial charge in [-0.2, -0.15) is 0 Å². The Labute approximate surface area is 98.5 Å². The Morgan fingerprint density at radius 2 is 2.38 bits per heavy atom. The topological polar surface area (TPSA) is 30.5 Å². The number of ether oxygens (including phenoxy) is 2. The molecule has 3 nitrogen and oxygen atoms in total. The number of hydrogen-bond acceptors (Lipinski definition) is 3. The summed E-state index contributed by atoms with van der Waals surface area (Å²) in [5, 5.41) is 3.26. The quantitative estimate of drug-likeness (QED) is 0.866. The van der Waals surface area contributed by atoms with E-state index in [0.29, 0.717) is 13.2 Å². The van der Waals surface area contributed by atoms with E-state index >= 15 is 0 Å². The van der Waals surface area contributed by atoms with Gasteiger partial charge in [-0.05, 0) is 17.7 Å². The van der Waals surface area contributed by atoms with Crippen molar-refractivity contribution in [3.63, 3.8) is 0 Å². The van der Waals surface area contributed by atoms with Gasteiger partial charge in [0.25, 0.3) is 0 Å². The van der Waals surface area contributed by atoms with E-state index in [0.717, 1.165) is 12.1 Å². The smallest absolute Gasteiger partial charge is 0.183 e. The lowest BCUT2D eigenvalue weighted by atomic mass is 10.1. The second kappa shape index (κ2) is 4.99. The molecule has 2 rings (SSSR count). The number of halogens is 2. The summed E-state index contributed by atoms with van der Waals surface area (Å²) in [7, 11) is 1.42. The van der Waals surface area contributed by atoms with Gasteiger partial charge in [0.1, 0.15) is 0 Å². The van der Waals surface area contributed by atoms with Crippen molar-refractivity contribution < 1.29 is 13.9 Å². The minimum Gasteiger partial charge on any atom is -0.494 e. The molecule has 16 heavy (non-hydrogen) atoms. The first-order chi connectivity index (χ1) is 7.72. The molecule has 1 fully saturated rings. The first kappa shape index (κ1) is 11.6. The molecular formula is C11H13ClFNO2. The zero-order valence-electron chi connectivity index (χ0n) is 8.93. The van der Waals surface area contributed by atoms with E-state index < -0.39 is 5.82 Å². The molecule has 88 valence electrons. The highest BCUT2D eigenvalue weighted by atomic mass is 35.5. The van der Waals surface area contributed by atoms with E-state index in [2.05, 4.69) is 5.32 Å². The average molecular weight is 246 g/mol. The first-order valence-electron chi connectivity index (χ1n) is 5.07. The lowest BCUT2D eigenvalue weighted by Crippen LogP contribution is -2.33. The van der Waals surface area contributed by atoms with E-state index in [1.54, 1.807) is 12.1 Å². The van der Waals surface area contributed by atoms with E-state index in [4.69, 9.17) is 21.1 Å².